The molecule has 2 aromatic heterocycles. The quantitative estimate of drug-likeness (QED) is 0.787. The van der Waals surface area contributed by atoms with Gasteiger partial charge >= 0.3 is 0 Å². The van der Waals surface area contributed by atoms with Crippen LogP contribution in [0.2, 0.25) is 0 Å². The summed E-state index contributed by atoms with van der Waals surface area (Å²) in [5, 5.41) is 2.05. The Balaban J connectivity index is 1.95. The number of aromatic nitrogens is 2. The fourth-order valence-corrected chi connectivity index (χ4v) is 2.72. The Hall–Kier alpha value is -1.88. The molecule has 2 heterocycles. The highest BCUT2D eigenvalue weighted by Crippen LogP contribution is 2.20. The van der Waals surface area contributed by atoms with E-state index in [0.717, 1.165) is 17.5 Å². The average Bonchev–Trinajstić information content (AvgIpc) is 2.94. The Kier molecular flexibility index (Phi) is 2.76. The van der Waals surface area contributed by atoms with Crippen LogP contribution in [-0.2, 0) is 13.0 Å². The van der Waals surface area contributed by atoms with Crippen molar-refractivity contribution in [3.63, 3.8) is 0 Å². The number of halogens is 1. The molecule has 2 N–H and O–H groups in total. The number of anilines is 1. The van der Waals surface area contributed by atoms with Crippen molar-refractivity contribution < 1.29 is 4.39 Å². The molecule has 3 rings (SSSR count). The fourth-order valence-electron chi connectivity index (χ4n) is 2.03. The molecule has 5 heteroatoms. The Morgan fingerprint density at radius 3 is 3.00 bits per heavy atom. The van der Waals surface area contributed by atoms with Gasteiger partial charge in [-0.2, -0.15) is 0 Å². The van der Waals surface area contributed by atoms with Crippen LogP contribution in [0.4, 0.5) is 10.3 Å². The number of nitrogens with two attached hydrogens (primary N) is 1. The number of fused-ring (bicyclic) bond motifs is 1. The van der Waals surface area contributed by atoms with Gasteiger partial charge in [0.05, 0.1) is 11.0 Å². The number of hydrogen-bond donors (Lipinski definition) is 1. The van der Waals surface area contributed by atoms with E-state index in [0.29, 0.717) is 12.5 Å². The maximum Gasteiger partial charge on any atom is 0.201 e. The first-order valence-corrected chi connectivity index (χ1v) is 6.55. The minimum atomic E-state index is -0.264. The van der Waals surface area contributed by atoms with Crippen molar-refractivity contribution in [3.05, 3.63) is 46.4 Å². The van der Waals surface area contributed by atoms with Gasteiger partial charge in [-0.3, -0.25) is 0 Å². The second kappa shape index (κ2) is 4.42. The molecule has 0 amide bonds. The van der Waals surface area contributed by atoms with E-state index in [2.05, 4.69) is 11.1 Å². The van der Waals surface area contributed by atoms with Crippen LogP contribution in [0.3, 0.4) is 0 Å². The summed E-state index contributed by atoms with van der Waals surface area (Å²) in [5.41, 5.74) is 7.37. The van der Waals surface area contributed by atoms with E-state index in [1.54, 1.807) is 17.4 Å². The molecule has 0 saturated carbocycles. The van der Waals surface area contributed by atoms with Crippen LogP contribution in [0.1, 0.15) is 4.88 Å². The summed E-state index contributed by atoms with van der Waals surface area (Å²) in [6, 6.07) is 8.64. The van der Waals surface area contributed by atoms with Crippen LogP contribution in [0, 0.1) is 5.82 Å². The molecule has 0 bridgehead atoms. The lowest BCUT2D eigenvalue weighted by Gasteiger charge is -2.05. The standard InChI is InChI=1S/C13H12FN3S/c14-9-3-4-11-12(8-9)17(13(15)16-11)6-5-10-2-1-7-18-10/h1-4,7-8H,5-6H2,(H2,15,16). The average molecular weight is 261 g/mol. The SMILES string of the molecule is Nc1nc2ccc(F)cc2n1CCc1cccs1. The minimum absolute atomic E-state index is 0.264. The van der Waals surface area contributed by atoms with Gasteiger partial charge in [0.15, 0.2) is 0 Å². The predicted octanol–water partition coefficient (Wildman–Crippen LogP) is 3.06. The molecule has 0 aliphatic rings. The van der Waals surface area contributed by atoms with Crippen molar-refractivity contribution >= 4 is 28.3 Å². The maximum atomic E-state index is 13.3. The molecular formula is C13H12FN3S. The summed E-state index contributed by atoms with van der Waals surface area (Å²) in [7, 11) is 0. The highest BCUT2D eigenvalue weighted by molar-refractivity contribution is 7.09. The fraction of sp³-hybridized carbons (Fsp3) is 0.154. The van der Waals surface area contributed by atoms with E-state index in [1.807, 2.05) is 16.0 Å². The molecule has 18 heavy (non-hydrogen) atoms. The second-order valence-electron chi connectivity index (χ2n) is 4.08. The van der Waals surface area contributed by atoms with Crippen LogP contribution in [0.25, 0.3) is 11.0 Å². The van der Waals surface area contributed by atoms with Gasteiger partial charge in [0.1, 0.15) is 5.82 Å². The topological polar surface area (TPSA) is 43.8 Å². The molecule has 92 valence electrons. The third kappa shape index (κ3) is 1.97. The van der Waals surface area contributed by atoms with E-state index in [9.17, 15) is 4.39 Å². The molecule has 3 aromatic rings. The molecule has 0 fully saturated rings. The number of rotatable bonds is 3. The summed E-state index contributed by atoms with van der Waals surface area (Å²) in [4.78, 5) is 5.52. The van der Waals surface area contributed by atoms with Crippen molar-refractivity contribution in [2.45, 2.75) is 13.0 Å². The first-order valence-electron chi connectivity index (χ1n) is 5.68. The van der Waals surface area contributed by atoms with Gasteiger partial charge in [-0.25, -0.2) is 9.37 Å². The molecular weight excluding hydrogens is 249 g/mol. The van der Waals surface area contributed by atoms with E-state index in [4.69, 9.17) is 5.73 Å². The van der Waals surface area contributed by atoms with E-state index in [1.165, 1.54) is 17.0 Å². The first kappa shape index (κ1) is 11.2. The van der Waals surface area contributed by atoms with Crippen LogP contribution in [0.5, 0.6) is 0 Å². The first-order chi connectivity index (χ1) is 8.74. The summed E-state index contributed by atoms with van der Waals surface area (Å²) >= 11 is 1.71. The lowest BCUT2D eigenvalue weighted by Crippen LogP contribution is -2.05. The Morgan fingerprint density at radius 1 is 1.33 bits per heavy atom. The maximum absolute atomic E-state index is 13.3. The zero-order valence-electron chi connectivity index (χ0n) is 9.64. The largest absolute Gasteiger partial charge is 0.369 e. The van der Waals surface area contributed by atoms with Gasteiger partial charge in [-0.05, 0) is 36.1 Å². The second-order valence-corrected chi connectivity index (χ2v) is 5.12. The summed E-state index contributed by atoms with van der Waals surface area (Å²) < 4.78 is 15.1. The summed E-state index contributed by atoms with van der Waals surface area (Å²) in [5.74, 6) is 0.173. The van der Waals surface area contributed by atoms with Gasteiger partial charge < -0.3 is 10.3 Å². The minimum Gasteiger partial charge on any atom is -0.369 e. The van der Waals surface area contributed by atoms with E-state index >= 15 is 0 Å². The summed E-state index contributed by atoms with van der Waals surface area (Å²) in [6.07, 6.45) is 0.879. The lowest BCUT2D eigenvalue weighted by molar-refractivity contribution is 0.627. The Morgan fingerprint density at radius 2 is 2.22 bits per heavy atom. The number of benzene rings is 1. The number of imidazole rings is 1. The van der Waals surface area contributed by atoms with E-state index in [-0.39, 0.29) is 5.82 Å². The van der Waals surface area contributed by atoms with Crippen molar-refractivity contribution in [1.82, 2.24) is 9.55 Å². The highest BCUT2D eigenvalue weighted by Gasteiger charge is 2.09. The van der Waals surface area contributed by atoms with E-state index < -0.39 is 0 Å². The monoisotopic (exact) mass is 261 g/mol. The third-order valence-electron chi connectivity index (χ3n) is 2.90. The zero-order chi connectivity index (χ0) is 12.5. The molecule has 0 spiro atoms. The van der Waals surface area contributed by atoms with Crippen molar-refractivity contribution in [2.75, 3.05) is 5.73 Å². The van der Waals surface area contributed by atoms with Gasteiger partial charge in [0, 0.05) is 11.4 Å². The zero-order valence-corrected chi connectivity index (χ0v) is 10.5. The van der Waals surface area contributed by atoms with Gasteiger partial charge in [-0.1, -0.05) is 6.07 Å². The van der Waals surface area contributed by atoms with Crippen LogP contribution in [-0.4, -0.2) is 9.55 Å². The Bertz CT molecular complexity index is 673. The molecule has 3 nitrogen and oxygen atoms in total. The van der Waals surface area contributed by atoms with Gasteiger partial charge in [-0.15, -0.1) is 11.3 Å². The number of nitrogens with zero attached hydrogens (tertiary/aromatic N) is 2. The van der Waals surface area contributed by atoms with Gasteiger partial charge in [0.25, 0.3) is 0 Å². The predicted molar refractivity (Wildman–Crippen MR) is 72.1 cm³/mol. The third-order valence-corrected chi connectivity index (χ3v) is 3.84. The molecule has 0 saturated heterocycles. The molecule has 0 atom stereocenters. The van der Waals surface area contributed by atoms with Gasteiger partial charge in [0.2, 0.25) is 5.95 Å². The highest BCUT2D eigenvalue weighted by atomic mass is 32.1. The van der Waals surface area contributed by atoms with Crippen molar-refractivity contribution in [3.8, 4) is 0 Å². The molecule has 0 aliphatic heterocycles. The molecule has 1 aromatic carbocycles. The number of thiophene rings is 1. The smallest absolute Gasteiger partial charge is 0.201 e. The molecule has 0 radical (unpaired) electrons. The van der Waals surface area contributed by atoms with Crippen LogP contribution >= 0.6 is 11.3 Å². The van der Waals surface area contributed by atoms with Crippen LogP contribution in [0.15, 0.2) is 35.7 Å². The normalized spacial score (nSPS) is 11.2. The molecule has 0 unspecified atom stereocenters. The van der Waals surface area contributed by atoms with Crippen molar-refractivity contribution in [1.29, 1.82) is 0 Å². The van der Waals surface area contributed by atoms with Crippen molar-refractivity contribution in [2.24, 2.45) is 0 Å². The number of hydrogen-bond acceptors (Lipinski definition) is 3. The summed E-state index contributed by atoms with van der Waals surface area (Å²) in [6.45, 7) is 0.715. The molecule has 0 aliphatic carbocycles. The number of aryl methyl sites for hydroxylation is 2. The lowest BCUT2D eigenvalue weighted by atomic mass is 10.3. The van der Waals surface area contributed by atoms with Crippen LogP contribution < -0.4 is 5.73 Å². The Labute approximate surface area is 108 Å². The number of nitrogen functional groups attached to an aromatic ring is 1.